The molecule has 1 fully saturated rings. The summed E-state index contributed by atoms with van der Waals surface area (Å²) in [5.74, 6) is -1.26. The minimum absolute atomic E-state index is 0.0641. The Morgan fingerprint density at radius 1 is 0.969 bits per heavy atom. The number of nitrogens with one attached hydrogen (secondary N) is 2. The number of nitrogens with zero attached hydrogens (tertiary/aromatic N) is 2. The fourth-order valence-electron chi connectivity index (χ4n) is 3.35. The third kappa shape index (κ3) is 4.68. The lowest BCUT2D eigenvalue weighted by Gasteiger charge is -2.23. The van der Waals surface area contributed by atoms with E-state index in [1.54, 1.807) is 30.3 Å². The van der Waals surface area contributed by atoms with Crippen LogP contribution in [0.2, 0.25) is 0 Å². The highest BCUT2D eigenvalue weighted by Crippen LogP contribution is 2.22. The largest absolute Gasteiger partial charge is 0.459 e. The smallest absolute Gasteiger partial charge is 0.305 e. The monoisotopic (exact) mass is 448 g/mol. The van der Waals surface area contributed by atoms with Crippen LogP contribution in [0.4, 0.5) is 5.69 Å². The predicted octanol–water partition coefficient (Wildman–Crippen LogP) is 2.95. The average Bonchev–Trinajstić information content (AvgIpc) is 3.41. The summed E-state index contributed by atoms with van der Waals surface area (Å²) < 4.78 is 5.13. The number of thiocarbonyl (C=S) groups is 1. The van der Waals surface area contributed by atoms with Crippen LogP contribution in [-0.2, 0) is 16.1 Å². The van der Waals surface area contributed by atoms with Crippen LogP contribution in [0.15, 0.2) is 83.5 Å². The third-order valence-corrected chi connectivity index (χ3v) is 5.30. The molecule has 3 amide bonds. The second-order valence-corrected chi connectivity index (χ2v) is 7.48. The first-order valence-electron chi connectivity index (χ1n) is 9.91. The number of hydrogen-bond acceptors (Lipinski definition) is 5. The van der Waals surface area contributed by atoms with E-state index in [2.05, 4.69) is 10.7 Å². The number of furan rings is 1. The van der Waals surface area contributed by atoms with E-state index in [1.165, 1.54) is 22.2 Å². The molecule has 0 spiro atoms. The van der Waals surface area contributed by atoms with Gasteiger partial charge in [0.15, 0.2) is 10.9 Å². The lowest BCUT2D eigenvalue weighted by Crippen LogP contribution is -2.49. The summed E-state index contributed by atoms with van der Waals surface area (Å²) in [6.07, 6.45) is 1.17. The van der Waals surface area contributed by atoms with Gasteiger partial charge in [0.2, 0.25) is 5.91 Å². The van der Waals surface area contributed by atoms with Gasteiger partial charge in [-0.1, -0.05) is 48.5 Å². The van der Waals surface area contributed by atoms with Crippen molar-refractivity contribution in [3.63, 3.8) is 0 Å². The molecule has 1 saturated heterocycles. The van der Waals surface area contributed by atoms with Crippen LogP contribution in [0.3, 0.4) is 0 Å². The van der Waals surface area contributed by atoms with Gasteiger partial charge >= 0.3 is 5.91 Å². The van der Waals surface area contributed by atoms with Crippen LogP contribution < -0.4 is 10.7 Å². The van der Waals surface area contributed by atoms with Gasteiger partial charge in [-0.3, -0.25) is 24.7 Å². The molecular weight excluding hydrogens is 428 g/mol. The molecule has 2 N–H and O–H groups in total. The first-order valence-corrected chi connectivity index (χ1v) is 10.3. The molecule has 2 aromatic carbocycles. The summed E-state index contributed by atoms with van der Waals surface area (Å²) in [5, 5.41) is 4.13. The Bertz CT molecular complexity index is 1120. The fraction of sp³-hybridized carbons (Fsp3) is 0.130. The minimum atomic E-state index is -0.992. The molecule has 0 bridgehead atoms. The van der Waals surface area contributed by atoms with E-state index in [0.717, 1.165) is 5.56 Å². The maximum Gasteiger partial charge on any atom is 0.305 e. The van der Waals surface area contributed by atoms with Gasteiger partial charge < -0.3 is 9.73 Å². The second kappa shape index (κ2) is 9.44. The van der Waals surface area contributed by atoms with Crippen molar-refractivity contribution in [3.8, 4) is 0 Å². The van der Waals surface area contributed by atoms with Crippen molar-refractivity contribution in [2.24, 2.45) is 0 Å². The fourth-order valence-corrected chi connectivity index (χ4v) is 3.67. The van der Waals surface area contributed by atoms with Crippen LogP contribution in [0, 0.1) is 0 Å². The molecule has 9 heteroatoms. The summed E-state index contributed by atoms with van der Waals surface area (Å²) in [4.78, 5) is 39.8. The number of carbonyl (C=O) groups excluding carboxylic acids is 3. The van der Waals surface area contributed by atoms with Crippen LogP contribution in [0.1, 0.15) is 22.5 Å². The van der Waals surface area contributed by atoms with Crippen LogP contribution in [-0.4, -0.2) is 38.8 Å². The van der Waals surface area contributed by atoms with Crippen LogP contribution in [0.5, 0.6) is 0 Å². The molecule has 8 nitrogen and oxygen atoms in total. The molecular formula is C23H20N4O4S. The van der Waals surface area contributed by atoms with Crippen molar-refractivity contribution in [2.45, 2.75) is 19.0 Å². The number of carbonyl (C=O) groups is 3. The summed E-state index contributed by atoms with van der Waals surface area (Å²) in [5.41, 5.74) is 4.09. The first-order chi connectivity index (χ1) is 15.5. The van der Waals surface area contributed by atoms with E-state index in [-0.39, 0.29) is 35.7 Å². The molecule has 162 valence electrons. The molecule has 1 aromatic heterocycles. The molecule has 0 saturated carbocycles. The zero-order chi connectivity index (χ0) is 22.5. The predicted molar refractivity (Wildman–Crippen MR) is 121 cm³/mol. The van der Waals surface area contributed by atoms with E-state index < -0.39 is 11.9 Å². The molecule has 0 aliphatic carbocycles. The minimum Gasteiger partial charge on any atom is -0.459 e. The van der Waals surface area contributed by atoms with Gasteiger partial charge in [-0.05, 0) is 42.0 Å². The van der Waals surface area contributed by atoms with Gasteiger partial charge in [-0.25, -0.2) is 5.01 Å². The molecule has 3 aromatic rings. The summed E-state index contributed by atoms with van der Waals surface area (Å²) in [6.45, 7) is 0.225. The molecule has 1 aliphatic rings. The number of para-hydroxylation sites is 1. The number of benzene rings is 2. The van der Waals surface area contributed by atoms with Crippen molar-refractivity contribution in [2.75, 3.05) is 5.32 Å². The number of hydrogen-bond donors (Lipinski definition) is 2. The molecule has 1 aliphatic heterocycles. The highest BCUT2D eigenvalue weighted by atomic mass is 32.1. The Morgan fingerprint density at radius 2 is 1.66 bits per heavy atom. The van der Waals surface area contributed by atoms with Crippen LogP contribution in [0.25, 0.3) is 0 Å². The second-order valence-electron chi connectivity index (χ2n) is 7.11. The quantitative estimate of drug-likeness (QED) is 0.540. The van der Waals surface area contributed by atoms with E-state index >= 15 is 0 Å². The maximum absolute atomic E-state index is 13.2. The van der Waals surface area contributed by atoms with Crippen molar-refractivity contribution in [1.82, 2.24) is 15.3 Å². The molecule has 32 heavy (non-hydrogen) atoms. The highest BCUT2D eigenvalue weighted by molar-refractivity contribution is 7.80. The van der Waals surface area contributed by atoms with Gasteiger partial charge in [0, 0.05) is 5.69 Å². The zero-order valence-electron chi connectivity index (χ0n) is 16.9. The Labute approximate surface area is 189 Å². The Morgan fingerprint density at radius 3 is 2.31 bits per heavy atom. The van der Waals surface area contributed by atoms with Gasteiger partial charge in [0.1, 0.15) is 6.04 Å². The molecule has 2 heterocycles. The lowest BCUT2D eigenvalue weighted by atomic mass is 10.1. The third-order valence-electron chi connectivity index (χ3n) is 4.89. The maximum atomic E-state index is 13.2. The standard InChI is InChI=1S/C23H20N4O4S/c28-20(24-17-10-5-2-6-11-17)14-18-22(30)26(15-16-8-3-1-4-9-16)23(32)27(18)25-21(29)19-12-7-13-31-19/h1-13,18H,14-15H2,(H,24,28)(H,25,29). The Balaban J connectivity index is 1.54. The SMILES string of the molecule is O=C(CC1C(=O)N(Cc2ccccc2)C(=S)N1NC(=O)c1ccco1)Nc1ccccc1. The number of anilines is 1. The van der Waals surface area contributed by atoms with Gasteiger partial charge in [-0.15, -0.1) is 0 Å². The number of hydrazine groups is 1. The van der Waals surface area contributed by atoms with Gasteiger partial charge in [0.05, 0.1) is 19.2 Å². The Hall–Kier alpha value is -3.98. The summed E-state index contributed by atoms with van der Waals surface area (Å²) in [6, 6.07) is 20.3. The van der Waals surface area contributed by atoms with Crippen molar-refractivity contribution < 1.29 is 18.8 Å². The van der Waals surface area contributed by atoms with E-state index in [1.807, 2.05) is 36.4 Å². The van der Waals surface area contributed by atoms with Crippen molar-refractivity contribution in [1.29, 1.82) is 0 Å². The topological polar surface area (TPSA) is 94.9 Å². The van der Waals surface area contributed by atoms with E-state index in [4.69, 9.17) is 16.6 Å². The normalized spacial score (nSPS) is 15.7. The van der Waals surface area contributed by atoms with E-state index in [0.29, 0.717) is 5.69 Å². The van der Waals surface area contributed by atoms with E-state index in [9.17, 15) is 14.4 Å². The summed E-state index contributed by atoms with van der Waals surface area (Å²) >= 11 is 5.50. The lowest BCUT2D eigenvalue weighted by molar-refractivity contribution is -0.131. The van der Waals surface area contributed by atoms with Crippen molar-refractivity contribution in [3.05, 3.63) is 90.4 Å². The van der Waals surface area contributed by atoms with Crippen molar-refractivity contribution >= 4 is 40.7 Å². The first kappa shape index (κ1) is 21.3. The average molecular weight is 449 g/mol. The molecule has 4 rings (SSSR count). The molecule has 1 unspecified atom stereocenters. The van der Waals surface area contributed by atoms with Gasteiger partial charge in [0.25, 0.3) is 5.91 Å². The molecule has 1 atom stereocenters. The Kier molecular flexibility index (Phi) is 6.27. The highest BCUT2D eigenvalue weighted by Gasteiger charge is 2.44. The number of rotatable bonds is 7. The summed E-state index contributed by atoms with van der Waals surface area (Å²) in [7, 11) is 0. The van der Waals surface area contributed by atoms with Gasteiger partial charge in [-0.2, -0.15) is 0 Å². The molecule has 0 radical (unpaired) electrons. The van der Waals surface area contributed by atoms with Crippen LogP contribution >= 0.6 is 12.2 Å². The zero-order valence-corrected chi connectivity index (χ0v) is 17.7. The number of amides is 3.